The monoisotopic (exact) mass is 440 g/mol. The van der Waals surface area contributed by atoms with Crippen LogP contribution in [0, 0.1) is 12.8 Å². The molecule has 0 aliphatic carbocycles. The van der Waals surface area contributed by atoms with E-state index in [1.165, 1.54) is 7.11 Å². The van der Waals surface area contributed by atoms with Crippen molar-refractivity contribution >= 4 is 28.9 Å². The number of amides is 1. The Bertz CT molecular complexity index is 1060. The number of nitrogens with zero attached hydrogens (tertiary/aromatic N) is 3. The molecule has 1 fully saturated rings. The van der Waals surface area contributed by atoms with Crippen LogP contribution in [0.4, 0.5) is 5.69 Å². The average Bonchev–Trinajstić information content (AvgIpc) is 3.47. The molecule has 1 amide bonds. The molecule has 1 N–H and O–H groups in total. The molecule has 1 aromatic carbocycles. The van der Waals surface area contributed by atoms with Crippen molar-refractivity contribution in [1.29, 1.82) is 0 Å². The lowest BCUT2D eigenvalue weighted by Gasteiger charge is -2.30. The van der Waals surface area contributed by atoms with E-state index in [1.807, 2.05) is 24.4 Å². The van der Waals surface area contributed by atoms with Crippen molar-refractivity contribution < 1.29 is 18.8 Å². The Morgan fingerprint density at radius 1 is 1.29 bits per heavy atom. The summed E-state index contributed by atoms with van der Waals surface area (Å²) in [4.78, 5) is 32.2. The maximum absolute atomic E-state index is 12.8. The highest BCUT2D eigenvalue weighted by molar-refractivity contribution is 7.13. The number of anilines is 1. The molecule has 31 heavy (non-hydrogen) atoms. The largest absolute Gasteiger partial charge is 0.465 e. The third-order valence-corrected chi connectivity index (χ3v) is 6.31. The zero-order chi connectivity index (χ0) is 21.8. The third-order valence-electron chi connectivity index (χ3n) is 5.44. The quantitative estimate of drug-likeness (QED) is 0.583. The van der Waals surface area contributed by atoms with E-state index < -0.39 is 5.97 Å². The number of nitrogens with one attached hydrogen (secondary N) is 1. The molecule has 0 saturated carbocycles. The van der Waals surface area contributed by atoms with Crippen molar-refractivity contribution in [2.45, 2.75) is 26.3 Å². The van der Waals surface area contributed by atoms with Crippen LogP contribution in [0.25, 0.3) is 10.7 Å². The lowest BCUT2D eigenvalue weighted by molar-refractivity contribution is -0.121. The molecule has 9 heteroatoms. The molecule has 3 aromatic rings. The molecule has 1 aliphatic heterocycles. The summed E-state index contributed by atoms with van der Waals surface area (Å²) in [5.41, 5.74) is 1.96. The smallest absolute Gasteiger partial charge is 0.337 e. The molecular weight excluding hydrogens is 416 g/mol. The van der Waals surface area contributed by atoms with E-state index in [9.17, 15) is 9.59 Å². The molecule has 162 valence electrons. The number of carbonyl (C=O) groups excluding carboxylic acids is 2. The van der Waals surface area contributed by atoms with Gasteiger partial charge in [-0.2, -0.15) is 4.98 Å². The Morgan fingerprint density at radius 3 is 2.81 bits per heavy atom. The van der Waals surface area contributed by atoms with Gasteiger partial charge >= 0.3 is 5.97 Å². The van der Waals surface area contributed by atoms with E-state index >= 15 is 0 Å². The second-order valence-electron chi connectivity index (χ2n) is 7.55. The van der Waals surface area contributed by atoms with E-state index in [2.05, 4.69) is 20.4 Å². The SMILES string of the molecule is COC(=O)c1ccc(C)c(NC(=O)C2CCN(Cc3nc(-c4cccs4)no3)CC2)c1. The molecule has 4 rings (SSSR count). The summed E-state index contributed by atoms with van der Waals surface area (Å²) in [7, 11) is 1.34. The molecule has 0 unspecified atom stereocenters. The van der Waals surface area contributed by atoms with Gasteiger partial charge in [-0.1, -0.05) is 17.3 Å². The standard InChI is InChI=1S/C22H24N4O4S/c1-14-5-6-16(22(28)29-2)12-17(14)23-21(27)15-7-9-26(10-8-15)13-19-24-20(25-30-19)18-4-3-11-31-18/h3-6,11-12,15H,7-10,13H2,1-2H3,(H,23,27). The molecule has 0 atom stereocenters. The van der Waals surface area contributed by atoms with Crippen LogP contribution >= 0.6 is 11.3 Å². The number of carbonyl (C=O) groups is 2. The molecule has 0 bridgehead atoms. The van der Waals surface area contributed by atoms with Gasteiger partial charge in [0.2, 0.25) is 17.6 Å². The zero-order valence-electron chi connectivity index (χ0n) is 17.5. The average molecular weight is 441 g/mol. The predicted molar refractivity (Wildman–Crippen MR) is 117 cm³/mol. The van der Waals surface area contributed by atoms with Crippen molar-refractivity contribution in [2.75, 3.05) is 25.5 Å². The number of rotatable bonds is 6. The molecule has 0 radical (unpaired) electrons. The van der Waals surface area contributed by atoms with Crippen molar-refractivity contribution in [1.82, 2.24) is 15.0 Å². The van der Waals surface area contributed by atoms with Gasteiger partial charge in [0.15, 0.2) is 0 Å². The molecule has 2 aromatic heterocycles. The van der Waals surface area contributed by atoms with Crippen LogP contribution in [-0.2, 0) is 16.1 Å². The molecule has 0 spiro atoms. The third kappa shape index (κ3) is 5.00. The number of ether oxygens (including phenoxy) is 1. The number of esters is 1. The number of likely N-dealkylation sites (tertiary alicyclic amines) is 1. The fourth-order valence-electron chi connectivity index (χ4n) is 3.61. The van der Waals surface area contributed by atoms with Gasteiger partial charge in [0.1, 0.15) is 0 Å². The number of piperidine rings is 1. The Kier molecular flexibility index (Phi) is 6.43. The van der Waals surface area contributed by atoms with E-state index in [0.717, 1.165) is 36.4 Å². The molecule has 1 saturated heterocycles. The predicted octanol–water partition coefficient (Wildman–Crippen LogP) is 3.74. The zero-order valence-corrected chi connectivity index (χ0v) is 18.3. The number of methoxy groups -OCH3 is 1. The topological polar surface area (TPSA) is 97.6 Å². The highest BCUT2D eigenvalue weighted by Gasteiger charge is 2.26. The van der Waals surface area contributed by atoms with Gasteiger partial charge in [-0.15, -0.1) is 11.3 Å². The fraction of sp³-hybridized carbons (Fsp3) is 0.364. The van der Waals surface area contributed by atoms with Crippen LogP contribution < -0.4 is 5.32 Å². The van der Waals surface area contributed by atoms with E-state index in [-0.39, 0.29) is 11.8 Å². The molecule has 1 aliphatic rings. The number of thiophene rings is 1. The maximum Gasteiger partial charge on any atom is 0.337 e. The summed E-state index contributed by atoms with van der Waals surface area (Å²) < 4.78 is 10.1. The second kappa shape index (κ2) is 9.40. The van der Waals surface area contributed by atoms with Gasteiger partial charge in [-0.3, -0.25) is 9.69 Å². The van der Waals surface area contributed by atoms with Crippen LogP contribution in [0.5, 0.6) is 0 Å². The summed E-state index contributed by atoms with van der Waals surface area (Å²) in [6.07, 6.45) is 1.49. The number of hydrogen-bond donors (Lipinski definition) is 1. The lowest BCUT2D eigenvalue weighted by Crippen LogP contribution is -2.37. The first kappa shape index (κ1) is 21.2. The van der Waals surface area contributed by atoms with Gasteiger partial charge in [0, 0.05) is 11.6 Å². The van der Waals surface area contributed by atoms with E-state index in [0.29, 0.717) is 29.5 Å². The van der Waals surface area contributed by atoms with Crippen LogP contribution in [0.3, 0.4) is 0 Å². The minimum absolute atomic E-state index is 0.0254. The van der Waals surface area contributed by atoms with Crippen LogP contribution in [0.2, 0.25) is 0 Å². The number of aromatic nitrogens is 2. The Labute approximate surface area is 184 Å². The molecular formula is C22H24N4O4S. The van der Waals surface area contributed by atoms with E-state index in [1.54, 1.807) is 29.5 Å². The Balaban J connectivity index is 1.31. The van der Waals surface area contributed by atoms with Gasteiger partial charge in [0.25, 0.3) is 0 Å². The first-order valence-electron chi connectivity index (χ1n) is 10.1. The normalized spacial score (nSPS) is 15.0. The van der Waals surface area contributed by atoms with Crippen LogP contribution in [-0.4, -0.2) is 47.1 Å². The van der Waals surface area contributed by atoms with Crippen molar-refractivity contribution in [2.24, 2.45) is 5.92 Å². The van der Waals surface area contributed by atoms with Gasteiger partial charge in [-0.05, 0) is 62.0 Å². The van der Waals surface area contributed by atoms with Gasteiger partial charge in [-0.25, -0.2) is 4.79 Å². The molecule has 3 heterocycles. The lowest BCUT2D eigenvalue weighted by atomic mass is 9.95. The Morgan fingerprint density at radius 2 is 2.10 bits per heavy atom. The number of aryl methyl sites for hydroxylation is 1. The number of hydrogen-bond acceptors (Lipinski definition) is 8. The van der Waals surface area contributed by atoms with Crippen LogP contribution in [0.15, 0.2) is 40.2 Å². The highest BCUT2D eigenvalue weighted by Crippen LogP contribution is 2.25. The van der Waals surface area contributed by atoms with Crippen molar-refractivity contribution in [3.05, 3.63) is 52.7 Å². The summed E-state index contributed by atoms with van der Waals surface area (Å²) >= 11 is 1.58. The minimum Gasteiger partial charge on any atom is -0.465 e. The molecule has 8 nitrogen and oxygen atoms in total. The van der Waals surface area contributed by atoms with Crippen molar-refractivity contribution in [3.63, 3.8) is 0 Å². The summed E-state index contributed by atoms with van der Waals surface area (Å²) in [5.74, 6) is 0.668. The summed E-state index contributed by atoms with van der Waals surface area (Å²) in [6, 6.07) is 9.08. The van der Waals surface area contributed by atoms with Gasteiger partial charge in [0.05, 0.1) is 24.1 Å². The fourth-order valence-corrected chi connectivity index (χ4v) is 4.26. The van der Waals surface area contributed by atoms with Crippen molar-refractivity contribution in [3.8, 4) is 10.7 Å². The summed E-state index contributed by atoms with van der Waals surface area (Å²) in [5, 5.41) is 9.01. The first-order chi connectivity index (χ1) is 15.0. The summed E-state index contributed by atoms with van der Waals surface area (Å²) in [6.45, 7) is 4.02. The van der Waals surface area contributed by atoms with Gasteiger partial charge < -0.3 is 14.6 Å². The maximum atomic E-state index is 12.8. The van der Waals surface area contributed by atoms with Crippen LogP contribution in [0.1, 0.15) is 34.7 Å². The second-order valence-corrected chi connectivity index (χ2v) is 8.50. The number of benzene rings is 1. The highest BCUT2D eigenvalue weighted by atomic mass is 32.1. The van der Waals surface area contributed by atoms with E-state index in [4.69, 9.17) is 9.26 Å². The minimum atomic E-state index is -0.424. The Hall–Kier alpha value is -3.04. The first-order valence-corrected chi connectivity index (χ1v) is 11.0.